The topological polar surface area (TPSA) is 23.8 Å². The van der Waals surface area contributed by atoms with E-state index in [0.29, 0.717) is 15.3 Å². The van der Waals surface area contributed by atoms with Crippen molar-refractivity contribution in [3.63, 3.8) is 0 Å². The van der Waals surface area contributed by atoms with E-state index in [2.05, 4.69) is 0 Å². The average Bonchev–Trinajstić information content (AvgIpc) is 2.76. The Morgan fingerprint density at radius 3 is 2.44 bits per heavy atom. The number of halogens is 3. The van der Waals surface area contributed by atoms with Crippen LogP contribution >= 0.6 is 11.3 Å². The Bertz CT molecular complexity index is 620. The molecule has 0 amide bonds. The third-order valence-corrected chi connectivity index (χ3v) is 3.57. The van der Waals surface area contributed by atoms with Gasteiger partial charge in [0, 0.05) is 4.88 Å². The Morgan fingerprint density at radius 2 is 1.89 bits per heavy atom. The molecular formula is C13H8F3NS. The first kappa shape index (κ1) is 12.7. The molecule has 0 unspecified atom stereocenters. The number of rotatable bonds is 1. The normalized spacial score (nSPS) is 11.3. The first-order chi connectivity index (χ1) is 8.41. The molecule has 0 saturated heterocycles. The summed E-state index contributed by atoms with van der Waals surface area (Å²) in [4.78, 5) is 1.16. The van der Waals surface area contributed by atoms with Gasteiger partial charge in [0.05, 0.1) is 5.56 Å². The minimum atomic E-state index is -4.35. The number of hydrogen-bond donors (Lipinski definition) is 0. The highest BCUT2D eigenvalue weighted by Crippen LogP contribution is 2.36. The summed E-state index contributed by atoms with van der Waals surface area (Å²) in [6.07, 6.45) is -4.35. The van der Waals surface area contributed by atoms with Crippen molar-refractivity contribution in [3.8, 4) is 16.5 Å². The predicted molar refractivity (Wildman–Crippen MR) is 64.2 cm³/mol. The fourth-order valence-electron chi connectivity index (χ4n) is 1.61. The van der Waals surface area contributed by atoms with Crippen molar-refractivity contribution >= 4 is 11.3 Å². The van der Waals surface area contributed by atoms with Gasteiger partial charge in [-0.2, -0.15) is 18.4 Å². The lowest BCUT2D eigenvalue weighted by atomic mass is 10.0. The molecule has 1 nitrogen and oxygen atoms in total. The van der Waals surface area contributed by atoms with Gasteiger partial charge in [0.25, 0.3) is 0 Å². The summed E-state index contributed by atoms with van der Waals surface area (Å²) in [6.45, 7) is 1.75. The molecule has 0 fully saturated rings. The van der Waals surface area contributed by atoms with Crippen LogP contribution in [-0.2, 0) is 6.18 Å². The lowest BCUT2D eigenvalue weighted by Crippen LogP contribution is -2.05. The van der Waals surface area contributed by atoms with E-state index >= 15 is 0 Å². The molecule has 0 aliphatic heterocycles. The number of nitrogens with zero attached hydrogens (tertiary/aromatic N) is 1. The van der Waals surface area contributed by atoms with Crippen molar-refractivity contribution in [1.82, 2.24) is 0 Å². The average molecular weight is 267 g/mol. The zero-order chi connectivity index (χ0) is 13.3. The number of thiophene rings is 1. The van der Waals surface area contributed by atoms with Crippen LogP contribution in [0.4, 0.5) is 13.2 Å². The zero-order valence-electron chi connectivity index (χ0n) is 9.38. The van der Waals surface area contributed by atoms with E-state index in [-0.39, 0.29) is 0 Å². The molecule has 0 atom stereocenters. The minimum absolute atomic E-state index is 0.488. The molecule has 2 rings (SSSR count). The maximum absolute atomic E-state index is 12.6. The third kappa shape index (κ3) is 2.39. The van der Waals surface area contributed by atoms with Crippen LogP contribution in [0, 0.1) is 18.3 Å². The zero-order valence-corrected chi connectivity index (χ0v) is 10.2. The lowest BCUT2D eigenvalue weighted by Gasteiger charge is -2.10. The van der Waals surface area contributed by atoms with Crippen molar-refractivity contribution in [2.75, 3.05) is 0 Å². The van der Waals surface area contributed by atoms with Crippen LogP contribution in [0.5, 0.6) is 0 Å². The molecule has 5 heteroatoms. The Kier molecular flexibility index (Phi) is 3.14. The highest BCUT2D eigenvalue weighted by atomic mass is 32.1. The number of alkyl halides is 3. The molecule has 92 valence electrons. The predicted octanol–water partition coefficient (Wildman–Crippen LogP) is 4.61. The van der Waals surface area contributed by atoms with E-state index in [0.717, 1.165) is 17.7 Å². The molecule has 0 radical (unpaired) electrons. The van der Waals surface area contributed by atoms with E-state index in [4.69, 9.17) is 5.26 Å². The van der Waals surface area contributed by atoms with Crippen molar-refractivity contribution in [2.45, 2.75) is 13.1 Å². The van der Waals surface area contributed by atoms with Crippen LogP contribution in [0.15, 0.2) is 30.3 Å². The van der Waals surface area contributed by atoms with Crippen molar-refractivity contribution in [1.29, 1.82) is 5.26 Å². The first-order valence-corrected chi connectivity index (χ1v) is 5.91. The number of hydrogen-bond acceptors (Lipinski definition) is 2. The minimum Gasteiger partial charge on any atom is -0.192 e. The molecule has 1 heterocycles. The fraction of sp³-hybridized carbons (Fsp3) is 0.154. The monoisotopic (exact) mass is 267 g/mol. The standard InChI is InChI=1S/C13H8F3NS/c1-8-2-3-9(13(14,15)16)6-11(8)12-5-4-10(7-17)18-12/h2-6H,1H3. The molecule has 0 saturated carbocycles. The molecule has 0 bridgehead atoms. The molecule has 0 aliphatic rings. The summed E-state index contributed by atoms with van der Waals surface area (Å²) < 4.78 is 37.9. The van der Waals surface area contributed by atoms with Crippen molar-refractivity contribution in [2.24, 2.45) is 0 Å². The second-order valence-corrected chi connectivity index (χ2v) is 4.89. The third-order valence-electron chi connectivity index (χ3n) is 2.55. The quantitative estimate of drug-likeness (QED) is 0.740. The summed E-state index contributed by atoms with van der Waals surface area (Å²) in [6, 6.07) is 8.90. The molecule has 18 heavy (non-hydrogen) atoms. The smallest absolute Gasteiger partial charge is 0.192 e. The maximum Gasteiger partial charge on any atom is 0.416 e. The summed E-state index contributed by atoms with van der Waals surface area (Å²) in [5, 5.41) is 8.73. The van der Waals surface area contributed by atoms with E-state index < -0.39 is 11.7 Å². The van der Waals surface area contributed by atoms with Crippen LogP contribution in [0.3, 0.4) is 0 Å². The molecule has 1 aromatic heterocycles. The van der Waals surface area contributed by atoms with E-state index in [1.54, 1.807) is 19.1 Å². The Balaban J connectivity index is 2.54. The molecular weight excluding hydrogens is 259 g/mol. The van der Waals surface area contributed by atoms with Crippen LogP contribution in [0.2, 0.25) is 0 Å². The summed E-state index contributed by atoms with van der Waals surface area (Å²) in [7, 11) is 0. The molecule has 0 aliphatic carbocycles. The summed E-state index contributed by atoms with van der Waals surface area (Å²) in [5.41, 5.74) is 0.612. The second kappa shape index (κ2) is 4.46. The van der Waals surface area contributed by atoms with Crippen LogP contribution in [0.25, 0.3) is 10.4 Å². The van der Waals surface area contributed by atoms with Gasteiger partial charge >= 0.3 is 6.18 Å². The van der Waals surface area contributed by atoms with E-state index in [9.17, 15) is 13.2 Å². The first-order valence-electron chi connectivity index (χ1n) is 5.10. The molecule has 0 spiro atoms. The van der Waals surface area contributed by atoms with E-state index in [1.165, 1.54) is 17.4 Å². The highest BCUT2D eigenvalue weighted by Gasteiger charge is 2.30. The molecule has 1 aromatic carbocycles. The van der Waals surface area contributed by atoms with Crippen LogP contribution < -0.4 is 0 Å². The fourth-order valence-corrected chi connectivity index (χ4v) is 2.49. The van der Waals surface area contributed by atoms with Crippen LogP contribution in [-0.4, -0.2) is 0 Å². The van der Waals surface area contributed by atoms with Gasteiger partial charge in [0.2, 0.25) is 0 Å². The number of nitriles is 1. The largest absolute Gasteiger partial charge is 0.416 e. The summed E-state index contributed by atoms with van der Waals surface area (Å²) in [5.74, 6) is 0. The van der Waals surface area contributed by atoms with Gasteiger partial charge < -0.3 is 0 Å². The second-order valence-electron chi connectivity index (χ2n) is 3.80. The highest BCUT2D eigenvalue weighted by molar-refractivity contribution is 7.16. The van der Waals surface area contributed by atoms with Crippen LogP contribution in [0.1, 0.15) is 16.0 Å². The number of aryl methyl sites for hydroxylation is 1. The Labute approximate surface area is 106 Å². The van der Waals surface area contributed by atoms with Gasteiger partial charge in [-0.1, -0.05) is 6.07 Å². The van der Waals surface area contributed by atoms with Gasteiger partial charge in [-0.25, -0.2) is 0 Å². The molecule has 2 aromatic rings. The number of benzene rings is 1. The van der Waals surface area contributed by atoms with E-state index in [1.807, 2.05) is 6.07 Å². The van der Waals surface area contributed by atoms with Crippen molar-refractivity contribution in [3.05, 3.63) is 46.3 Å². The van der Waals surface area contributed by atoms with Gasteiger partial charge in [0.1, 0.15) is 10.9 Å². The summed E-state index contributed by atoms with van der Waals surface area (Å²) >= 11 is 1.19. The van der Waals surface area contributed by atoms with Gasteiger partial charge in [-0.15, -0.1) is 11.3 Å². The maximum atomic E-state index is 12.6. The van der Waals surface area contributed by atoms with Gasteiger partial charge in [0.15, 0.2) is 0 Å². The SMILES string of the molecule is Cc1ccc(C(F)(F)F)cc1-c1ccc(C#N)s1. The van der Waals surface area contributed by atoms with Gasteiger partial charge in [-0.05, 0) is 42.3 Å². The lowest BCUT2D eigenvalue weighted by molar-refractivity contribution is -0.137. The van der Waals surface area contributed by atoms with Gasteiger partial charge in [-0.3, -0.25) is 0 Å². The van der Waals surface area contributed by atoms with Crippen molar-refractivity contribution < 1.29 is 13.2 Å². The molecule has 0 N–H and O–H groups in total. The Hall–Kier alpha value is -1.80. The Morgan fingerprint density at radius 1 is 1.17 bits per heavy atom.